The Bertz CT molecular complexity index is 1180. The van der Waals surface area contributed by atoms with Gasteiger partial charge < -0.3 is 5.32 Å². The molecule has 1 aliphatic rings. The summed E-state index contributed by atoms with van der Waals surface area (Å²) in [5.74, 6) is -0.136. The normalized spacial score (nSPS) is 15.8. The van der Waals surface area contributed by atoms with Crippen molar-refractivity contribution in [3.05, 3.63) is 83.4 Å². The summed E-state index contributed by atoms with van der Waals surface area (Å²) in [6.07, 6.45) is 1.10. The van der Waals surface area contributed by atoms with Crippen molar-refractivity contribution in [3.63, 3.8) is 0 Å². The van der Waals surface area contributed by atoms with Gasteiger partial charge in [0, 0.05) is 25.6 Å². The highest BCUT2D eigenvalue weighted by atomic mass is 32.2. The molecule has 3 aromatic carbocycles. The lowest BCUT2D eigenvalue weighted by molar-refractivity contribution is -0.126. The lowest BCUT2D eigenvalue weighted by Gasteiger charge is -2.30. The first kappa shape index (κ1) is 21.5. The maximum Gasteiger partial charge on any atom is 0.223 e. The monoisotopic (exact) mass is 436 g/mol. The number of nitrogens with zero attached hydrogens (tertiary/aromatic N) is 1. The SMILES string of the molecule is Cc1cccc(CS(=O)(=O)N2CCC(C(=O)NCc3ccc4ccccc4c3)CC2)c1. The Kier molecular flexibility index (Phi) is 6.39. The highest BCUT2D eigenvalue weighted by Crippen LogP contribution is 2.22. The van der Waals surface area contributed by atoms with Crippen molar-refractivity contribution in [1.29, 1.82) is 0 Å². The fourth-order valence-electron chi connectivity index (χ4n) is 4.18. The van der Waals surface area contributed by atoms with Crippen molar-refractivity contribution in [2.24, 2.45) is 5.92 Å². The van der Waals surface area contributed by atoms with Gasteiger partial charge in [-0.2, -0.15) is 0 Å². The van der Waals surface area contributed by atoms with E-state index in [4.69, 9.17) is 0 Å². The number of amides is 1. The van der Waals surface area contributed by atoms with Gasteiger partial charge in [-0.1, -0.05) is 66.2 Å². The fourth-order valence-corrected chi connectivity index (χ4v) is 5.73. The van der Waals surface area contributed by atoms with Gasteiger partial charge in [-0.05, 0) is 47.7 Å². The molecule has 162 valence electrons. The minimum Gasteiger partial charge on any atom is -0.352 e. The van der Waals surface area contributed by atoms with Crippen molar-refractivity contribution in [3.8, 4) is 0 Å². The molecule has 1 saturated heterocycles. The Morgan fingerprint density at radius 3 is 2.42 bits per heavy atom. The first-order valence-electron chi connectivity index (χ1n) is 10.7. The summed E-state index contributed by atoms with van der Waals surface area (Å²) in [5, 5.41) is 5.36. The first-order chi connectivity index (χ1) is 14.9. The Labute approximate surface area is 184 Å². The number of piperidine rings is 1. The number of sulfonamides is 1. The molecular formula is C25H28N2O3S. The predicted octanol–water partition coefficient (Wildman–Crippen LogP) is 4.01. The topological polar surface area (TPSA) is 66.5 Å². The lowest BCUT2D eigenvalue weighted by atomic mass is 9.97. The second-order valence-corrected chi connectivity index (χ2v) is 10.3. The molecule has 0 bridgehead atoms. The van der Waals surface area contributed by atoms with E-state index in [0.717, 1.165) is 22.1 Å². The van der Waals surface area contributed by atoms with Crippen LogP contribution in [0.25, 0.3) is 10.8 Å². The smallest absolute Gasteiger partial charge is 0.223 e. The minimum atomic E-state index is -3.38. The van der Waals surface area contributed by atoms with Crippen LogP contribution in [-0.4, -0.2) is 31.7 Å². The number of carbonyl (C=O) groups excluding carboxylic acids is 1. The van der Waals surface area contributed by atoms with Crippen LogP contribution in [-0.2, 0) is 27.1 Å². The highest BCUT2D eigenvalue weighted by molar-refractivity contribution is 7.88. The number of fused-ring (bicyclic) bond motifs is 1. The number of aryl methyl sites for hydroxylation is 1. The van der Waals surface area contributed by atoms with Crippen LogP contribution in [0.4, 0.5) is 0 Å². The molecular weight excluding hydrogens is 408 g/mol. The molecule has 4 rings (SSSR count). The molecule has 5 nitrogen and oxygen atoms in total. The average molecular weight is 437 g/mol. The van der Waals surface area contributed by atoms with E-state index < -0.39 is 10.0 Å². The molecule has 0 saturated carbocycles. The van der Waals surface area contributed by atoms with Crippen molar-refractivity contribution >= 4 is 26.7 Å². The zero-order chi connectivity index (χ0) is 21.8. The number of carbonyl (C=O) groups is 1. The molecule has 1 fully saturated rings. The lowest BCUT2D eigenvalue weighted by Crippen LogP contribution is -2.43. The van der Waals surface area contributed by atoms with Gasteiger partial charge in [0.25, 0.3) is 0 Å². The quantitative estimate of drug-likeness (QED) is 0.635. The van der Waals surface area contributed by atoms with Crippen molar-refractivity contribution in [2.75, 3.05) is 13.1 Å². The second-order valence-electron chi connectivity index (χ2n) is 8.32. The van der Waals surface area contributed by atoms with Crippen LogP contribution in [0, 0.1) is 12.8 Å². The van der Waals surface area contributed by atoms with Crippen molar-refractivity contribution < 1.29 is 13.2 Å². The average Bonchev–Trinajstić information content (AvgIpc) is 2.77. The molecule has 0 aromatic heterocycles. The molecule has 0 unspecified atom stereocenters. The van der Waals surface area contributed by atoms with Crippen molar-refractivity contribution in [2.45, 2.75) is 32.1 Å². The molecule has 31 heavy (non-hydrogen) atoms. The maximum absolute atomic E-state index is 12.8. The molecule has 0 atom stereocenters. The number of hydrogen-bond donors (Lipinski definition) is 1. The van der Waals surface area contributed by atoms with Gasteiger partial charge in [0.2, 0.25) is 15.9 Å². The Morgan fingerprint density at radius 1 is 0.935 bits per heavy atom. The van der Waals surface area contributed by atoms with E-state index in [9.17, 15) is 13.2 Å². The number of nitrogens with one attached hydrogen (secondary N) is 1. The summed E-state index contributed by atoms with van der Waals surface area (Å²) >= 11 is 0. The molecule has 1 N–H and O–H groups in total. The molecule has 6 heteroatoms. The third-order valence-electron chi connectivity index (χ3n) is 5.93. The molecule has 1 amide bonds. The predicted molar refractivity (Wildman–Crippen MR) is 124 cm³/mol. The summed E-state index contributed by atoms with van der Waals surface area (Å²) in [5.41, 5.74) is 2.91. The largest absolute Gasteiger partial charge is 0.352 e. The third kappa shape index (κ3) is 5.32. The van der Waals surface area contributed by atoms with Crippen LogP contribution < -0.4 is 5.32 Å². The number of rotatable bonds is 6. The van der Waals surface area contributed by atoms with Crippen LogP contribution in [0.1, 0.15) is 29.5 Å². The summed E-state index contributed by atoms with van der Waals surface area (Å²) in [6, 6.07) is 21.9. The first-order valence-corrected chi connectivity index (χ1v) is 12.3. The van der Waals surface area contributed by atoms with E-state index in [1.807, 2.05) is 49.4 Å². The Morgan fingerprint density at radius 2 is 1.68 bits per heavy atom. The van der Waals surface area contributed by atoms with Crippen molar-refractivity contribution in [1.82, 2.24) is 9.62 Å². The van der Waals surface area contributed by atoms with E-state index in [-0.39, 0.29) is 17.6 Å². The van der Waals surface area contributed by atoms with Gasteiger partial charge in [0.15, 0.2) is 0 Å². The van der Waals surface area contributed by atoms with E-state index in [1.54, 1.807) is 0 Å². The van der Waals surface area contributed by atoms with Gasteiger partial charge in [-0.3, -0.25) is 4.79 Å². The van der Waals surface area contributed by atoms with Gasteiger partial charge in [-0.25, -0.2) is 12.7 Å². The third-order valence-corrected chi connectivity index (χ3v) is 7.78. The summed E-state index contributed by atoms with van der Waals surface area (Å²) in [4.78, 5) is 12.6. The second kappa shape index (κ2) is 9.20. The van der Waals surface area contributed by atoms with Crippen LogP contribution in [0.15, 0.2) is 66.7 Å². The summed E-state index contributed by atoms with van der Waals surface area (Å²) in [7, 11) is -3.38. The van der Waals surface area contributed by atoms with E-state index in [1.165, 1.54) is 9.69 Å². The Balaban J connectivity index is 1.30. The zero-order valence-corrected chi connectivity index (χ0v) is 18.6. The van der Waals surface area contributed by atoms with E-state index in [2.05, 4.69) is 29.6 Å². The molecule has 0 radical (unpaired) electrons. The van der Waals surface area contributed by atoms with Gasteiger partial charge in [0.1, 0.15) is 0 Å². The van der Waals surface area contributed by atoms with E-state index in [0.29, 0.717) is 32.5 Å². The zero-order valence-electron chi connectivity index (χ0n) is 17.8. The molecule has 1 heterocycles. The number of hydrogen-bond acceptors (Lipinski definition) is 3. The van der Waals surface area contributed by atoms with Crippen LogP contribution in [0.2, 0.25) is 0 Å². The highest BCUT2D eigenvalue weighted by Gasteiger charge is 2.31. The van der Waals surface area contributed by atoms with Crippen LogP contribution >= 0.6 is 0 Å². The summed E-state index contributed by atoms with van der Waals surface area (Å²) < 4.78 is 27.1. The van der Waals surface area contributed by atoms with Gasteiger partial charge in [0.05, 0.1) is 5.75 Å². The fraction of sp³-hybridized carbons (Fsp3) is 0.320. The molecule has 0 spiro atoms. The van der Waals surface area contributed by atoms with Gasteiger partial charge in [-0.15, -0.1) is 0 Å². The molecule has 3 aromatic rings. The van der Waals surface area contributed by atoms with E-state index >= 15 is 0 Å². The van der Waals surface area contributed by atoms with Crippen LogP contribution in [0.3, 0.4) is 0 Å². The minimum absolute atomic E-state index is 0.00360. The molecule has 1 aliphatic heterocycles. The maximum atomic E-state index is 12.8. The Hall–Kier alpha value is -2.70. The number of benzene rings is 3. The standard InChI is InChI=1S/C25H28N2O3S/c1-19-5-4-6-21(15-19)18-31(29,30)27-13-11-23(12-14-27)25(28)26-17-20-9-10-22-7-2-3-8-24(22)16-20/h2-10,15-16,23H,11-14,17-18H2,1H3,(H,26,28). The molecule has 0 aliphatic carbocycles. The van der Waals surface area contributed by atoms with Gasteiger partial charge >= 0.3 is 0 Å². The summed E-state index contributed by atoms with van der Waals surface area (Å²) in [6.45, 7) is 3.22. The van der Waals surface area contributed by atoms with Crippen LogP contribution in [0.5, 0.6) is 0 Å².